The molecule has 0 atom stereocenters. The van der Waals surface area contributed by atoms with Crippen LogP contribution in [0.5, 0.6) is 0 Å². The molecular formula is C9H14N4O. The first kappa shape index (κ1) is 10.6. The molecule has 0 aliphatic heterocycles. The van der Waals surface area contributed by atoms with E-state index in [1.807, 2.05) is 0 Å². The third kappa shape index (κ3) is 2.79. The van der Waals surface area contributed by atoms with Crippen molar-refractivity contribution in [2.24, 2.45) is 5.73 Å². The number of hydrogen-bond acceptors (Lipinski definition) is 4. The van der Waals surface area contributed by atoms with E-state index in [1.165, 1.54) is 0 Å². The number of hydrazine groups is 1. The molecule has 1 heterocycles. The lowest BCUT2D eigenvalue weighted by molar-refractivity contribution is 0.0851. The van der Waals surface area contributed by atoms with Crippen LogP contribution in [0, 0.1) is 0 Å². The van der Waals surface area contributed by atoms with Gasteiger partial charge in [0.25, 0.3) is 5.91 Å². The Labute approximate surface area is 82.9 Å². The zero-order chi connectivity index (χ0) is 10.6. The number of carbonyl (C=O) groups is 1. The van der Waals surface area contributed by atoms with Crippen LogP contribution in [0.15, 0.2) is 18.3 Å². The Kier molecular flexibility index (Phi) is 3.55. The highest BCUT2D eigenvalue weighted by atomic mass is 16.2. The van der Waals surface area contributed by atoms with E-state index >= 15 is 0 Å². The minimum atomic E-state index is -0.224. The predicted molar refractivity (Wildman–Crippen MR) is 53.3 cm³/mol. The van der Waals surface area contributed by atoms with E-state index in [9.17, 15) is 4.79 Å². The van der Waals surface area contributed by atoms with Crippen LogP contribution in [-0.2, 0) is 6.54 Å². The van der Waals surface area contributed by atoms with Gasteiger partial charge in [-0.2, -0.15) is 0 Å². The van der Waals surface area contributed by atoms with Crippen molar-refractivity contribution < 1.29 is 4.79 Å². The van der Waals surface area contributed by atoms with Crippen LogP contribution in [0.3, 0.4) is 0 Å². The second kappa shape index (κ2) is 4.69. The number of hydrogen-bond donors (Lipinski definition) is 2. The third-order valence-corrected chi connectivity index (χ3v) is 1.62. The molecule has 0 fully saturated rings. The fraction of sp³-hybridized carbons (Fsp3) is 0.333. The monoisotopic (exact) mass is 194 g/mol. The van der Waals surface area contributed by atoms with Crippen molar-refractivity contribution in [1.29, 1.82) is 0 Å². The summed E-state index contributed by atoms with van der Waals surface area (Å²) in [6, 6.07) is 3.44. The quantitative estimate of drug-likeness (QED) is 0.651. The number of nitrogens with two attached hydrogens (primary N) is 1. The molecule has 14 heavy (non-hydrogen) atoms. The highest BCUT2D eigenvalue weighted by molar-refractivity contribution is 5.91. The predicted octanol–water partition coefficient (Wildman–Crippen LogP) is -0.253. The molecule has 0 bridgehead atoms. The van der Waals surface area contributed by atoms with E-state index in [4.69, 9.17) is 5.73 Å². The highest BCUT2D eigenvalue weighted by Gasteiger charge is 2.06. The average Bonchev–Trinajstić information content (AvgIpc) is 2.17. The van der Waals surface area contributed by atoms with Gasteiger partial charge in [0, 0.05) is 26.8 Å². The largest absolute Gasteiger partial charge is 0.326 e. The standard InChI is InChI=1S/C9H14N4O/c1-13(2)12-9(14)8-4-3-7(5-10)6-11-8/h3-4,6H,5,10H2,1-2H3,(H,12,14). The Balaban J connectivity index is 2.71. The Morgan fingerprint density at radius 2 is 2.29 bits per heavy atom. The molecule has 0 aliphatic rings. The van der Waals surface area contributed by atoms with Gasteiger partial charge in [0.05, 0.1) is 0 Å². The Bertz CT molecular complexity index is 307. The lowest BCUT2D eigenvalue weighted by Crippen LogP contribution is -2.36. The van der Waals surface area contributed by atoms with Gasteiger partial charge >= 0.3 is 0 Å². The first-order valence-electron chi connectivity index (χ1n) is 4.27. The van der Waals surface area contributed by atoms with Crippen LogP contribution in [0.2, 0.25) is 0 Å². The summed E-state index contributed by atoms with van der Waals surface area (Å²) in [5.74, 6) is -0.224. The lowest BCUT2D eigenvalue weighted by atomic mass is 10.2. The smallest absolute Gasteiger partial charge is 0.284 e. The minimum Gasteiger partial charge on any atom is -0.326 e. The average molecular weight is 194 g/mol. The molecule has 5 heteroatoms. The van der Waals surface area contributed by atoms with Gasteiger partial charge < -0.3 is 5.73 Å². The zero-order valence-corrected chi connectivity index (χ0v) is 8.32. The summed E-state index contributed by atoms with van der Waals surface area (Å²) < 4.78 is 0. The molecule has 0 radical (unpaired) electrons. The number of nitrogens with zero attached hydrogens (tertiary/aromatic N) is 2. The van der Waals surface area contributed by atoms with E-state index in [2.05, 4.69) is 10.4 Å². The van der Waals surface area contributed by atoms with Crippen molar-refractivity contribution >= 4 is 5.91 Å². The fourth-order valence-electron chi connectivity index (χ4n) is 0.940. The Hall–Kier alpha value is -1.46. The van der Waals surface area contributed by atoms with Crippen molar-refractivity contribution in [3.05, 3.63) is 29.6 Å². The molecule has 5 nitrogen and oxygen atoms in total. The van der Waals surface area contributed by atoms with E-state index < -0.39 is 0 Å². The van der Waals surface area contributed by atoms with E-state index in [0.717, 1.165) is 5.56 Å². The Morgan fingerprint density at radius 1 is 1.57 bits per heavy atom. The zero-order valence-electron chi connectivity index (χ0n) is 8.32. The summed E-state index contributed by atoms with van der Waals surface area (Å²) in [6.45, 7) is 0.433. The van der Waals surface area contributed by atoms with Gasteiger partial charge in [0.1, 0.15) is 5.69 Å². The molecule has 1 aromatic rings. The van der Waals surface area contributed by atoms with Crippen molar-refractivity contribution in [2.45, 2.75) is 6.54 Å². The number of rotatable bonds is 3. The van der Waals surface area contributed by atoms with Crippen LogP contribution >= 0.6 is 0 Å². The molecular weight excluding hydrogens is 180 g/mol. The summed E-state index contributed by atoms with van der Waals surface area (Å²) in [6.07, 6.45) is 1.60. The van der Waals surface area contributed by atoms with E-state index in [1.54, 1.807) is 37.4 Å². The van der Waals surface area contributed by atoms with Crippen LogP contribution in [-0.4, -0.2) is 30.0 Å². The number of amides is 1. The number of carbonyl (C=O) groups excluding carboxylic acids is 1. The maximum atomic E-state index is 11.4. The SMILES string of the molecule is CN(C)NC(=O)c1ccc(CN)cn1. The molecule has 3 N–H and O–H groups in total. The summed E-state index contributed by atoms with van der Waals surface area (Å²) in [7, 11) is 3.48. The van der Waals surface area contributed by atoms with Gasteiger partial charge in [0.15, 0.2) is 0 Å². The summed E-state index contributed by atoms with van der Waals surface area (Å²) in [5.41, 5.74) is 9.30. The number of aromatic nitrogens is 1. The molecule has 1 rings (SSSR count). The van der Waals surface area contributed by atoms with Gasteiger partial charge in [-0.05, 0) is 11.6 Å². The van der Waals surface area contributed by atoms with Gasteiger partial charge in [0.2, 0.25) is 0 Å². The lowest BCUT2D eigenvalue weighted by Gasteiger charge is -2.10. The number of nitrogens with one attached hydrogen (secondary N) is 1. The van der Waals surface area contributed by atoms with Gasteiger partial charge in [-0.3, -0.25) is 15.2 Å². The summed E-state index contributed by atoms with van der Waals surface area (Å²) in [4.78, 5) is 15.4. The van der Waals surface area contributed by atoms with Crippen LogP contribution in [0.4, 0.5) is 0 Å². The van der Waals surface area contributed by atoms with Crippen LogP contribution < -0.4 is 11.2 Å². The number of pyridine rings is 1. The molecule has 0 saturated heterocycles. The molecule has 0 aromatic carbocycles. The first-order valence-corrected chi connectivity index (χ1v) is 4.27. The van der Waals surface area contributed by atoms with E-state index in [-0.39, 0.29) is 5.91 Å². The fourth-order valence-corrected chi connectivity index (χ4v) is 0.940. The second-order valence-corrected chi connectivity index (χ2v) is 3.09. The van der Waals surface area contributed by atoms with E-state index in [0.29, 0.717) is 12.2 Å². The van der Waals surface area contributed by atoms with Crippen molar-refractivity contribution in [3.8, 4) is 0 Å². The topological polar surface area (TPSA) is 71.2 Å². The summed E-state index contributed by atoms with van der Waals surface area (Å²) in [5, 5.41) is 1.57. The van der Waals surface area contributed by atoms with Gasteiger partial charge in [-0.15, -0.1) is 0 Å². The maximum Gasteiger partial charge on any atom is 0.284 e. The molecule has 0 aliphatic carbocycles. The molecule has 1 amide bonds. The van der Waals surface area contributed by atoms with Crippen LogP contribution in [0.1, 0.15) is 16.1 Å². The third-order valence-electron chi connectivity index (χ3n) is 1.62. The van der Waals surface area contributed by atoms with Crippen molar-refractivity contribution in [1.82, 2.24) is 15.4 Å². The summed E-state index contributed by atoms with van der Waals surface area (Å²) >= 11 is 0. The van der Waals surface area contributed by atoms with Crippen molar-refractivity contribution in [2.75, 3.05) is 14.1 Å². The molecule has 0 spiro atoms. The Morgan fingerprint density at radius 3 is 2.71 bits per heavy atom. The van der Waals surface area contributed by atoms with Crippen LogP contribution in [0.25, 0.3) is 0 Å². The molecule has 0 unspecified atom stereocenters. The van der Waals surface area contributed by atoms with Gasteiger partial charge in [-0.25, -0.2) is 5.01 Å². The van der Waals surface area contributed by atoms with Crippen molar-refractivity contribution in [3.63, 3.8) is 0 Å². The normalized spacial score (nSPS) is 10.3. The molecule has 76 valence electrons. The first-order chi connectivity index (χ1) is 6.63. The highest BCUT2D eigenvalue weighted by Crippen LogP contribution is 1.99. The van der Waals surface area contributed by atoms with Gasteiger partial charge in [-0.1, -0.05) is 6.07 Å². The minimum absolute atomic E-state index is 0.224. The molecule has 1 aromatic heterocycles. The maximum absolute atomic E-state index is 11.4. The second-order valence-electron chi connectivity index (χ2n) is 3.09. The molecule has 0 saturated carbocycles.